The van der Waals surface area contributed by atoms with Gasteiger partial charge in [0.2, 0.25) is 0 Å². The fourth-order valence-electron chi connectivity index (χ4n) is 1.67. The molecule has 1 saturated heterocycles. The van der Waals surface area contributed by atoms with E-state index in [1.54, 1.807) is 0 Å². The zero-order valence-electron chi connectivity index (χ0n) is 8.87. The third kappa shape index (κ3) is 2.75. The van der Waals surface area contributed by atoms with Gasteiger partial charge in [0.05, 0.1) is 6.07 Å². The minimum Gasteiger partial charge on any atom is -0.395 e. The van der Waals surface area contributed by atoms with Crippen LogP contribution in [0, 0.1) is 10.1 Å². The molecule has 17 heavy (non-hydrogen) atoms. The fourth-order valence-corrected chi connectivity index (χ4v) is 1.67. The van der Waals surface area contributed by atoms with Crippen LogP contribution in [-0.2, 0) is 0 Å². The molecule has 94 valence electrons. The van der Waals surface area contributed by atoms with Crippen LogP contribution in [0.25, 0.3) is 0 Å². The lowest BCUT2D eigenvalue weighted by molar-refractivity contribution is -0.402. The maximum absolute atomic E-state index is 11.8. The smallest absolute Gasteiger partial charge is 0.395 e. The minimum absolute atomic E-state index is 0. The van der Waals surface area contributed by atoms with E-state index < -0.39 is 10.8 Å². The molecule has 0 aromatic carbocycles. The van der Waals surface area contributed by atoms with Crippen LogP contribution in [0.1, 0.15) is 17.0 Å². The second kappa shape index (κ2) is 5.15. The Balaban J connectivity index is 0.00000144. The first-order valence-electron chi connectivity index (χ1n) is 4.87. The van der Waals surface area contributed by atoms with Gasteiger partial charge in [0, 0.05) is 19.1 Å². The molecule has 0 spiro atoms. The summed E-state index contributed by atoms with van der Waals surface area (Å²) in [6, 6.07) is 2.46. The molecule has 0 saturated carbocycles. The van der Waals surface area contributed by atoms with Crippen LogP contribution in [0.4, 0.5) is 5.88 Å². The lowest BCUT2D eigenvalue weighted by Gasteiger charge is -2.13. The Kier molecular flexibility index (Phi) is 4.08. The first kappa shape index (κ1) is 13.5. The molecule has 0 aliphatic carbocycles. The molecule has 1 aliphatic rings. The number of carbonyl (C=O) groups is 1. The van der Waals surface area contributed by atoms with E-state index in [0.717, 1.165) is 6.42 Å². The summed E-state index contributed by atoms with van der Waals surface area (Å²) >= 11 is 0. The van der Waals surface area contributed by atoms with Gasteiger partial charge < -0.3 is 15.1 Å². The van der Waals surface area contributed by atoms with Gasteiger partial charge in [-0.3, -0.25) is 14.9 Å². The first-order valence-corrected chi connectivity index (χ1v) is 4.87. The van der Waals surface area contributed by atoms with Crippen molar-refractivity contribution in [2.45, 2.75) is 12.5 Å². The summed E-state index contributed by atoms with van der Waals surface area (Å²) in [5.41, 5.74) is 5.66. The molecule has 0 radical (unpaired) electrons. The number of likely N-dealkylation sites (tertiary alicyclic amines) is 1. The molecule has 1 aliphatic heterocycles. The normalized spacial score (nSPS) is 18.9. The highest BCUT2D eigenvalue weighted by Gasteiger charge is 2.27. The summed E-state index contributed by atoms with van der Waals surface area (Å²) in [6.07, 6.45) is 0.745. The average Bonchev–Trinajstić information content (AvgIpc) is 2.84. The number of furan rings is 1. The Morgan fingerprint density at radius 3 is 2.76 bits per heavy atom. The van der Waals surface area contributed by atoms with Gasteiger partial charge in [-0.1, -0.05) is 0 Å². The van der Waals surface area contributed by atoms with E-state index >= 15 is 0 Å². The molecule has 7 nitrogen and oxygen atoms in total. The number of rotatable bonds is 2. The van der Waals surface area contributed by atoms with E-state index in [-0.39, 0.29) is 30.1 Å². The number of hydrogen-bond donors (Lipinski definition) is 1. The molecule has 1 fully saturated rings. The van der Waals surface area contributed by atoms with Crippen molar-refractivity contribution in [2.24, 2.45) is 5.73 Å². The van der Waals surface area contributed by atoms with E-state index in [2.05, 4.69) is 0 Å². The highest BCUT2D eigenvalue weighted by Crippen LogP contribution is 2.19. The van der Waals surface area contributed by atoms with E-state index in [1.165, 1.54) is 17.0 Å². The number of amides is 1. The van der Waals surface area contributed by atoms with Gasteiger partial charge in [-0.2, -0.15) is 0 Å². The van der Waals surface area contributed by atoms with E-state index in [4.69, 9.17) is 10.2 Å². The van der Waals surface area contributed by atoms with Gasteiger partial charge in [0.25, 0.3) is 5.91 Å². The summed E-state index contributed by atoms with van der Waals surface area (Å²) in [5.74, 6) is -0.784. The Morgan fingerprint density at radius 1 is 1.59 bits per heavy atom. The molecule has 1 aromatic rings. The number of nitrogens with two attached hydrogens (primary N) is 1. The standard InChI is InChI=1S/C9H11N3O4.ClH/c10-6-3-4-11(5-6)9(13)7-1-2-8(16-7)12(14)15;/h1-2,6H,3-5,10H2;1H/t6-;/m1./s1. The second-order valence-corrected chi connectivity index (χ2v) is 3.69. The summed E-state index contributed by atoms with van der Waals surface area (Å²) < 4.78 is 4.82. The molecular formula is C9H12ClN3O4. The summed E-state index contributed by atoms with van der Waals surface area (Å²) in [4.78, 5) is 23.0. The summed E-state index contributed by atoms with van der Waals surface area (Å²) in [5, 5.41) is 10.4. The highest BCUT2D eigenvalue weighted by atomic mass is 35.5. The van der Waals surface area contributed by atoms with Crippen LogP contribution in [0.5, 0.6) is 0 Å². The largest absolute Gasteiger partial charge is 0.433 e. The van der Waals surface area contributed by atoms with Crippen molar-refractivity contribution in [3.8, 4) is 0 Å². The molecule has 8 heteroatoms. The number of hydrogen-bond acceptors (Lipinski definition) is 5. The maximum atomic E-state index is 11.8. The molecular weight excluding hydrogens is 250 g/mol. The van der Waals surface area contributed by atoms with E-state index in [1.807, 2.05) is 0 Å². The van der Waals surface area contributed by atoms with Crippen molar-refractivity contribution >= 4 is 24.2 Å². The Bertz CT molecular complexity index is 434. The molecule has 2 heterocycles. The van der Waals surface area contributed by atoms with Crippen LogP contribution in [0.3, 0.4) is 0 Å². The Labute approximate surface area is 103 Å². The van der Waals surface area contributed by atoms with Gasteiger partial charge in [0.15, 0.2) is 5.76 Å². The second-order valence-electron chi connectivity index (χ2n) is 3.69. The topological polar surface area (TPSA) is 103 Å². The van der Waals surface area contributed by atoms with Crippen molar-refractivity contribution in [1.82, 2.24) is 4.90 Å². The summed E-state index contributed by atoms with van der Waals surface area (Å²) in [7, 11) is 0. The Hall–Kier alpha value is -1.60. The average molecular weight is 262 g/mol. The SMILES string of the molecule is Cl.N[C@@H]1CCN(C(=O)c2ccc([N+](=O)[O-])o2)C1. The zero-order valence-corrected chi connectivity index (χ0v) is 9.68. The lowest BCUT2D eigenvalue weighted by atomic mass is 10.3. The summed E-state index contributed by atoms with van der Waals surface area (Å²) in [6.45, 7) is 1.03. The third-order valence-electron chi connectivity index (χ3n) is 2.49. The highest BCUT2D eigenvalue weighted by molar-refractivity contribution is 5.92. The van der Waals surface area contributed by atoms with Crippen molar-refractivity contribution in [2.75, 3.05) is 13.1 Å². The maximum Gasteiger partial charge on any atom is 0.433 e. The van der Waals surface area contributed by atoms with E-state index in [0.29, 0.717) is 13.1 Å². The fraction of sp³-hybridized carbons (Fsp3) is 0.444. The monoisotopic (exact) mass is 261 g/mol. The molecule has 1 amide bonds. The molecule has 0 unspecified atom stereocenters. The molecule has 0 bridgehead atoms. The number of nitrogens with zero attached hydrogens (tertiary/aromatic N) is 2. The molecule has 1 atom stereocenters. The molecule has 2 rings (SSSR count). The number of carbonyl (C=O) groups excluding carboxylic acids is 1. The van der Waals surface area contributed by atoms with Crippen LogP contribution < -0.4 is 5.73 Å². The van der Waals surface area contributed by atoms with Crippen molar-refractivity contribution < 1.29 is 14.1 Å². The van der Waals surface area contributed by atoms with Crippen molar-refractivity contribution in [3.63, 3.8) is 0 Å². The number of nitro groups is 1. The molecule has 1 aromatic heterocycles. The first-order chi connectivity index (χ1) is 7.58. The van der Waals surface area contributed by atoms with Gasteiger partial charge in [-0.15, -0.1) is 12.4 Å². The van der Waals surface area contributed by atoms with Crippen LogP contribution in [0.15, 0.2) is 16.5 Å². The lowest BCUT2D eigenvalue weighted by Crippen LogP contribution is -2.31. The molecule has 2 N–H and O–H groups in total. The quantitative estimate of drug-likeness (QED) is 0.626. The van der Waals surface area contributed by atoms with Crippen molar-refractivity contribution in [1.29, 1.82) is 0 Å². The van der Waals surface area contributed by atoms with E-state index in [9.17, 15) is 14.9 Å². The number of halogens is 1. The van der Waals surface area contributed by atoms with Gasteiger partial charge >= 0.3 is 5.88 Å². The Morgan fingerprint density at radius 2 is 2.29 bits per heavy atom. The van der Waals surface area contributed by atoms with Gasteiger partial charge in [-0.05, 0) is 12.5 Å². The predicted molar refractivity (Wildman–Crippen MR) is 61.1 cm³/mol. The third-order valence-corrected chi connectivity index (χ3v) is 2.49. The predicted octanol–water partition coefficient (Wildman–Crippen LogP) is 0.783. The van der Waals surface area contributed by atoms with Crippen LogP contribution in [-0.4, -0.2) is 34.9 Å². The van der Waals surface area contributed by atoms with Gasteiger partial charge in [0.1, 0.15) is 4.92 Å². The van der Waals surface area contributed by atoms with Crippen molar-refractivity contribution in [3.05, 3.63) is 28.0 Å². The van der Waals surface area contributed by atoms with Crippen LogP contribution in [0.2, 0.25) is 0 Å². The zero-order chi connectivity index (χ0) is 11.7. The van der Waals surface area contributed by atoms with Gasteiger partial charge in [-0.25, -0.2) is 0 Å². The van der Waals surface area contributed by atoms with Crippen LogP contribution >= 0.6 is 12.4 Å². The minimum atomic E-state index is -0.674.